The summed E-state index contributed by atoms with van der Waals surface area (Å²) in [6, 6.07) is 8.25. The third kappa shape index (κ3) is 2.94. The van der Waals surface area contributed by atoms with Gasteiger partial charge in [-0.2, -0.15) is 0 Å². The van der Waals surface area contributed by atoms with Crippen molar-refractivity contribution in [3.63, 3.8) is 0 Å². The molecule has 112 valence electrons. The second-order valence-corrected chi connectivity index (χ2v) is 7.87. The van der Waals surface area contributed by atoms with Crippen LogP contribution < -0.4 is 5.32 Å². The van der Waals surface area contributed by atoms with Crippen LogP contribution in [-0.2, 0) is 9.84 Å². The van der Waals surface area contributed by atoms with Gasteiger partial charge in [0.15, 0.2) is 9.84 Å². The number of nitrogens with one attached hydrogen (secondary N) is 1. The monoisotopic (exact) mass is 304 g/mol. The summed E-state index contributed by atoms with van der Waals surface area (Å²) in [6.45, 7) is 2.87. The fraction of sp³-hybridized carbons (Fsp3) is 0.438. The summed E-state index contributed by atoms with van der Waals surface area (Å²) in [4.78, 5) is 4.23. The fourth-order valence-corrected chi connectivity index (χ4v) is 5.09. The summed E-state index contributed by atoms with van der Waals surface area (Å²) in [5.41, 5.74) is 1.16. The summed E-state index contributed by atoms with van der Waals surface area (Å²) in [5.74, 6) is 0.727. The standard InChI is InChI=1S/C16H20N2O2S/c1-2-18-16(13-7-9-21(19,20)11-13)14-5-3-4-12-6-8-17-10-15(12)14/h3-6,8,10,13,16,18H,2,7,9,11H2,1H3. The van der Waals surface area contributed by atoms with Gasteiger partial charge in [0.25, 0.3) is 0 Å². The molecule has 1 fully saturated rings. The van der Waals surface area contributed by atoms with E-state index in [9.17, 15) is 8.42 Å². The topological polar surface area (TPSA) is 59.1 Å². The van der Waals surface area contributed by atoms with Crippen molar-refractivity contribution >= 4 is 20.6 Å². The number of aromatic nitrogens is 1. The quantitative estimate of drug-likeness (QED) is 0.942. The number of pyridine rings is 1. The summed E-state index contributed by atoms with van der Waals surface area (Å²) >= 11 is 0. The van der Waals surface area contributed by atoms with Crippen molar-refractivity contribution in [3.05, 3.63) is 42.2 Å². The van der Waals surface area contributed by atoms with Crippen LogP contribution in [-0.4, -0.2) is 31.5 Å². The van der Waals surface area contributed by atoms with E-state index in [1.165, 1.54) is 0 Å². The Labute approximate surface area is 125 Å². The first kappa shape index (κ1) is 14.5. The molecule has 21 heavy (non-hydrogen) atoms. The van der Waals surface area contributed by atoms with Crippen LogP contribution in [0.15, 0.2) is 36.7 Å². The van der Waals surface area contributed by atoms with Crippen LogP contribution in [0.5, 0.6) is 0 Å². The molecular weight excluding hydrogens is 284 g/mol. The van der Waals surface area contributed by atoms with Crippen molar-refractivity contribution in [2.45, 2.75) is 19.4 Å². The molecule has 5 heteroatoms. The molecule has 2 unspecified atom stereocenters. The number of nitrogens with zero attached hydrogens (tertiary/aromatic N) is 1. The van der Waals surface area contributed by atoms with Crippen molar-refractivity contribution in [2.75, 3.05) is 18.1 Å². The van der Waals surface area contributed by atoms with Gasteiger partial charge < -0.3 is 5.32 Å². The van der Waals surface area contributed by atoms with E-state index in [1.54, 1.807) is 6.20 Å². The van der Waals surface area contributed by atoms with E-state index < -0.39 is 9.84 Å². The molecule has 2 aromatic rings. The van der Waals surface area contributed by atoms with Gasteiger partial charge in [-0.1, -0.05) is 25.1 Å². The van der Waals surface area contributed by atoms with E-state index in [2.05, 4.69) is 29.4 Å². The highest BCUT2D eigenvalue weighted by Crippen LogP contribution is 2.34. The van der Waals surface area contributed by atoms with Crippen LogP contribution in [0, 0.1) is 5.92 Å². The van der Waals surface area contributed by atoms with Crippen LogP contribution >= 0.6 is 0 Å². The molecule has 2 atom stereocenters. The predicted octanol–water partition coefficient (Wildman–Crippen LogP) is 2.32. The number of hydrogen-bond donors (Lipinski definition) is 1. The van der Waals surface area contributed by atoms with Gasteiger partial charge in [-0.15, -0.1) is 0 Å². The van der Waals surface area contributed by atoms with E-state index in [1.807, 2.05) is 18.3 Å². The second kappa shape index (κ2) is 5.73. The fourth-order valence-electron chi connectivity index (χ4n) is 3.25. The number of benzene rings is 1. The average Bonchev–Trinajstić information content (AvgIpc) is 2.84. The minimum absolute atomic E-state index is 0.0696. The van der Waals surface area contributed by atoms with Crippen LogP contribution in [0.2, 0.25) is 0 Å². The molecule has 1 aromatic carbocycles. The highest BCUT2D eigenvalue weighted by molar-refractivity contribution is 7.91. The predicted molar refractivity (Wildman–Crippen MR) is 84.9 cm³/mol. The zero-order valence-corrected chi connectivity index (χ0v) is 12.9. The molecule has 1 saturated heterocycles. The first-order chi connectivity index (χ1) is 10.1. The molecule has 0 spiro atoms. The molecule has 2 heterocycles. The van der Waals surface area contributed by atoms with Crippen molar-refractivity contribution < 1.29 is 8.42 Å². The minimum atomic E-state index is -2.88. The maximum Gasteiger partial charge on any atom is 0.150 e. The van der Waals surface area contributed by atoms with Gasteiger partial charge in [-0.25, -0.2) is 8.42 Å². The molecule has 1 N–H and O–H groups in total. The molecule has 1 aliphatic rings. The van der Waals surface area contributed by atoms with Crippen LogP contribution in [0.4, 0.5) is 0 Å². The smallest absolute Gasteiger partial charge is 0.150 e. The van der Waals surface area contributed by atoms with Crippen LogP contribution in [0.25, 0.3) is 10.8 Å². The Bertz CT molecular complexity index is 738. The molecule has 1 aliphatic heterocycles. The maximum absolute atomic E-state index is 11.8. The zero-order chi connectivity index (χ0) is 14.9. The zero-order valence-electron chi connectivity index (χ0n) is 12.1. The van der Waals surface area contributed by atoms with E-state index in [0.717, 1.165) is 29.3 Å². The Balaban J connectivity index is 2.04. The first-order valence-electron chi connectivity index (χ1n) is 7.37. The highest BCUT2D eigenvalue weighted by atomic mass is 32.2. The molecule has 4 nitrogen and oxygen atoms in total. The summed E-state index contributed by atoms with van der Waals surface area (Å²) in [6.07, 6.45) is 4.39. The van der Waals surface area contributed by atoms with E-state index in [4.69, 9.17) is 0 Å². The summed E-state index contributed by atoms with van der Waals surface area (Å²) in [7, 11) is -2.88. The normalized spacial score (nSPS) is 22.4. The third-order valence-electron chi connectivity index (χ3n) is 4.22. The maximum atomic E-state index is 11.8. The van der Waals surface area contributed by atoms with Crippen LogP contribution in [0.1, 0.15) is 24.9 Å². The molecule has 0 bridgehead atoms. The van der Waals surface area contributed by atoms with E-state index >= 15 is 0 Å². The lowest BCUT2D eigenvalue weighted by atomic mass is 9.89. The molecule has 3 rings (SSSR count). The number of fused-ring (bicyclic) bond motifs is 1. The first-order valence-corrected chi connectivity index (χ1v) is 9.19. The van der Waals surface area contributed by atoms with Crippen molar-refractivity contribution in [3.8, 4) is 0 Å². The lowest BCUT2D eigenvalue weighted by Crippen LogP contribution is -2.29. The van der Waals surface area contributed by atoms with Crippen molar-refractivity contribution in [2.24, 2.45) is 5.92 Å². The Kier molecular flexibility index (Phi) is 3.95. The largest absolute Gasteiger partial charge is 0.310 e. The Morgan fingerprint density at radius 1 is 1.38 bits per heavy atom. The average molecular weight is 304 g/mol. The SMILES string of the molecule is CCNC(c1cccc2ccncc12)C1CCS(=O)(=O)C1. The Morgan fingerprint density at radius 3 is 2.95 bits per heavy atom. The van der Waals surface area contributed by atoms with Crippen LogP contribution in [0.3, 0.4) is 0 Å². The van der Waals surface area contributed by atoms with Crippen molar-refractivity contribution in [1.29, 1.82) is 0 Å². The molecule has 1 aromatic heterocycles. The third-order valence-corrected chi connectivity index (χ3v) is 6.01. The number of hydrogen-bond acceptors (Lipinski definition) is 4. The Morgan fingerprint density at radius 2 is 2.24 bits per heavy atom. The van der Waals surface area contributed by atoms with Gasteiger partial charge in [-0.3, -0.25) is 4.98 Å². The van der Waals surface area contributed by atoms with Gasteiger partial charge in [0.05, 0.1) is 11.5 Å². The summed E-state index contributed by atoms with van der Waals surface area (Å²) < 4.78 is 23.6. The van der Waals surface area contributed by atoms with Crippen molar-refractivity contribution in [1.82, 2.24) is 10.3 Å². The van der Waals surface area contributed by atoms with Gasteiger partial charge in [0.1, 0.15) is 0 Å². The number of sulfone groups is 1. The lowest BCUT2D eigenvalue weighted by Gasteiger charge is -2.25. The van der Waals surface area contributed by atoms with E-state index in [0.29, 0.717) is 5.75 Å². The van der Waals surface area contributed by atoms with E-state index in [-0.39, 0.29) is 17.7 Å². The highest BCUT2D eigenvalue weighted by Gasteiger charge is 2.34. The molecule has 0 amide bonds. The van der Waals surface area contributed by atoms with Gasteiger partial charge in [-0.05, 0) is 35.9 Å². The number of rotatable bonds is 4. The summed E-state index contributed by atoms with van der Waals surface area (Å²) in [5, 5.41) is 5.73. The molecule has 0 radical (unpaired) electrons. The Hall–Kier alpha value is -1.46. The molecule has 0 saturated carbocycles. The molecular formula is C16H20N2O2S. The van der Waals surface area contributed by atoms with Gasteiger partial charge >= 0.3 is 0 Å². The minimum Gasteiger partial charge on any atom is -0.310 e. The van der Waals surface area contributed by atoms with Gasteiger partial charge in [0.2, 0.25) is 0 Å². The van der Waals surface area contributed by atoms with Gasteiger partial charge in [0, 0.05) is 23.8 Å². The second-order valence-electron chi connectivity index (χ2n) is 5.64. The lowest BCUT2D eigenvalue weighted by molar-refractivity contribution is 0.402. The molecule has 0 aliphatic carbocycles.